The SMILES string of the molecule is COC(=O)C(C)S(=O)c1ccc(OC)cc1. The molecule has 1 aromatic rings. The molecule has 2 unspecified atom stereocenters. The molecule has 2 atom stereocenters. The van der Waals surface area contributed by atoms with Gasteiger partial charge in [0.15, 0.2) is 0 Å². The van der Waals surface area contributed by atoms with Gasteiger partial charge in [-0.25, -0.2) is 0 Å². The first-order valence-corrected chi connectivity index (χ1v) is 5.94. The van der Waals surface area contributed by atoms with Crippen LogP contribution >= 0.6 is 0 Å². The first-order chi connectivity index (χ1) is 7.60. The Morgan fingerprint density at radius 1 is 1.25 bits per heavy atom. The van der Waals surface area contributed by atoms with Gasteiger partial charge in [0, 0.05) is 4.90 Å². The van der Waals surface area contributed by atoms with E-state index < -0.39 is 22.0 Å². The topological polar surface area (TPSA) is 52.6 Å². The van der Waals surface area contributed by atoms with Crippen LogP contribution in [0, 0.1) is 0 Å². The van der Waals surface area contributed by atoms with Gasteiger partial charge in [0.25, 0.3) is 0 Å². The van der Waals surface area contributed by atoms with E-state index in [4.69, 9.17) is 4.74 Å². The molecule has 0 radical (unpaired) electrons. The zero-order chi connectivity index (χ0) is 12.1. The van der Waals surface area contributed by atoms with Crippen LogP contribution in [0.3, 0.4) is 0 Å². The van der Waals surface area contributed by atoms with Crippen molar-refractivity contribution in [1.82, 2.24) is 0 Å². The van der Waals surface area contributed by atoms with Crippen molar-refractivity contribution in [1.29, 1.82) is 0 Å². The maximum Gasteiger partial charge on any atom is 0.321 e. The predicted octanol–water partition coefficient (Wildman–Crippen LogP) is 1.36. The molecule has 0 fully saturated rings. The summed E-state index contributed by atoms with van der Waals surface area (Å²) in [5.41, 5.74) is 0. The van der Waals surface area contributed by atoms with E-state index in [1.165, 1.54) is 7.11 Å². The molecule has 1 aromatic carbocycles. The molecular weight excluding hydrogens is 228 g/mol. The second-order valence-corrected chi connectivity index (χ2v) is 4.91. The van der Waals surface area contributed by atoms with Crippen LogP contribution in [0.15, 0.2) is 29.2 Å². The molecule has 1 rings (SSSR count). The monoisotopic (exact) mass is 242 g/mol. The fourth-order valence-electron chi connectivity index (χ4n) is 1.17. The van der Waals surface area contributed by atoms with Crippen molar-refractivity contribution in [2.45, 2.75) is 17.1 Å². The fourth-order valence-corrected chi connectivity index (χ4v) is 2.25. The Kier molecular flexibility index (Phi) is 4.49. The number of hydrogen-bond donors (Lipinski definition) is 0. The summed E-state index contributed by atoms with van der Waals surface area (Å²) in [4.78, 5) is 11.8. The molecule has 5 heteroatoms. The summed E-state index contributed by atoms with van der Waals surface area (Å²) in [5, 5.41) is -0.668. The molecule has 0 aliphatic carbocycles. The number of ether oxygens (including phenoxy) is 2. The molecule has 0 spiro atoms. The van der Waals surface area contributed by atoms with Crippen LogP contribution in [0.5, 0.6) is 5.75 Å². The highest BCUT2D eigenvalue weighted by Crippen LogP contribution is 2.17. The van der Waals surface area contributed by atoms with Crippen LogP contribution in [0.4, 0.5) is 0 Å². The van der Waals surface area contributed by atoms with E-state index in [2.05, 4.69) is 4.74 Å². The normalized spacial score (nSPS) is 13.9. The van der Waals surface area contributed by atoms with Gasteiger partial charge < -0.3 is 9.47 Å². The average molecular weight is 242 g/mol. The summed E-state index contributed by atoms with van der Waals surface area (Å²) in [7, 11) is 1.44. The molecule has 0 N–H and O–H groups in total. The molecule has 0 aliphatic rings. The van der Waals surface area contributed by atoms with Crippen LogP contribution in [-0.4, -0.2) is 29.6 Å². The second kappa shape index (κ2) is 5.65. The summed E-state index contributed by atoms with van der Waals surface area (Å²) < 4.78 is 21.4. The first kappa shape index (κ1) is 12.7. The molecule has 0 heterocycles. The third-order valence-corrected chi connectivity index (χ3v) is 3.72. The Morgan fingerprint density at radius 3 is 2.25 bits per heavy atom. The highest BCUT2D eigenvalue weighted by Gasteiger charge is 2.21. The van der Waals surface area contributed by atoms with Crippen molar-refractivity contribution < 1.29 is 18.5 Å². The maximum absolute atomic E-state index is 11.9. The van der Waals surface area contributed by atoms with Crippen LogP contribution in [-0.2, 0) is 20.3 Å². The van der Waals surface area contributed by atoms with Crippen LogP contribution in [0.2, 0.25) is 0 Å². The Hall–Kier alpha value is -1.36. The van der Waals surface area contributed by atoms with Gasteiger partial charge in [0.2, 0.25) is 0 Å². The lowest BCUT2D eigenvalue weighted by Gasteiger charge is -2.09. The first-order valence-electron chi connectivity index (χ1n) is 4.72. The minimum absolute atomic E-state index is 0.478. The number of carbonyl (C=O) groups is 1. The van der Waals surface area contributed by atoms with Crippen LogP contribution < -0.4 is 4.74 Å². The van der Waals surface area contributed by atoms with E-state index >= 15 is 0 Å². The summed E-state index contributed by atoms with van der Waals surface area (Å²) in [6.07, 6.45) is 0. The fraction of sp³-hybridized carbons (Fsp3) is 0.364. The Bertz CT molecular complexity index is 385. The van der Waals surface area contributed by atoms with Gasteiger partial charge >= 0.3 is 5.97 Å². The Balaban J connectivity index is 2.84. The van der Waals surface area contributed by atoms with Gasteiger partial charge in [0.1, 0.15) is 11.0 Å². The van der Waals surface area contributed by atoms with Crippen LogP contribution in [0.1, 0.15) is 6.92 Å². The van der Waals surface area contributed by atoms with Gasteiger partial charge in [-0.05, 0) is 31.2 Å². The number of hydrogen-bond acceptors (Lipinski definition) is 4. The maximum atomic E-state index is 11.9. The van der Waals surface area contributed by atoms with Crippen molar-refractivity contribution >= 4 is 16.8 Å². The second-order valence-electron chi connectivity index (χ2n) is 3.14. The molecular formula is C11H14O4S. The quantitative estimate of drug-likeness (QED) is 0.748. The lowest BCUT2D eigenvalue weighted by Crippen LogP contribution is -2.23. The van der Waals surface area contributed by atoms with E-state index in [9.17, 15) is 9.00 Å². The van der Waals surface area contributed by atoms with Gasteiger partial charge in [-0.1, -0.05) is 0 Å². The number of carbonyl (C=O) groups excluding carboxylic acids is 1. The summed E-state index contributed by atoms with van der Waals surface area (Å²) >= 11 is 0. The van der Waals surface area contributed by atoms with Crippen molar-refractivity contribution in [3.8, 4) is 5.75 Å². The summed E-state index contributed by atoms with van der Waals surface area (Å²) in [6.45, 7) is 1.58. The Morgan fingerprint density at radius 2 is 1.81 bits per heavy atom. The molecule has 0 aliphatic heterocycles. The molecule has 16 heavy (non-hydrogen) atoms. The van der Waals surface area contributed by atoms with E-state index in [1.54, 1.807) is 38.3 Å². The lowest BCUT2D eigenvalue weighted by atomic mass is 10.3. The van der Waals surface area contributed by atoms with E-state index in [-0.39, 0.29) is 0 Å². The third kappa shape index (κ3) is 2.82. The van der Waals surface area contributed by atoms with E-state index in [0.29, 0.717) is 10.6 Å². The van der Waals surface area contributed by atoms with Crippen molar-refractivity contribution in [3.05, 3.63) is 24.3 Å². The number of rotatable bonds is 4. The zero-order valence-corrected chi connectivity index (χ0v) is 10.2. The van der Waals surface area contributed by atoms with Crippen molar-refractivity contribution in [3.63, 3.8) is 0 Å². The molecule has 0 aromatic heterocycles. The molecule has 0 saturated heterocycles. The van der Waals surface area contributed by atoms with Gasteiger partial charge in [-0.3, -0.25) is 9.00 Å². The van der Waals surface area contributed by atoms with Crippen molar-refractivity contribution in [2.75, 3.05) is 14.2 Å². The number of esters is 1. The van der Waals surface area contributed by atoms with E-state index in [1.807, 2.05) is 0 Å². The summed E-state index contributed by atoms with van der Waals surface area (Å²) in [5.74, 6) is 0.209. The average Bonchev–Trinajstić information content (AvgIpc) is 2.36. The number of benzene rings is 1. The van der Waals surface area contributed by atoms with Gasteiger partial charge in [0.05, 0.1) is 25.0 Å². The smallest absolute Gasteiger partial charge is 0.321 e. The van der Waals surface area contributed by atoms with Crippen LogP contribution in [0.25, 0.3) is 0 Å². The minimum atomic E-state index is -1.40. The largest absolute Gasteiger partial charge is 0.497 e. The standard InChI is InChI=1S/C11H14O4S/c1-8(11(12)15-3)16(13)10-6-4-9(14-2)5-7-10/h4-8H,1-3H3. The molecule has 0 bridgehead atoms. The lowest BCUT2D eigenvalue weighted by molar-refractivity contribution is -0.139. The highest BCUT2D eigenvalue weighted by atomic mass is 32.2. The number of methoxy groups -OCH3 is 2. The molecule has 0 saturated carbocycles. The molecule has 88 valence electrons. The van der Waals surface area contributed by atoms with E-state index in [0.717, 1.165) is 0 Å². The van der Waals surface area contributed by atoms with Gasteiger partial charge in [-0.15, -0.1) is 0 Å². The highest BCUT2D eigenvalue weighted by molar-refractivity contribution is 7.86. The predicted molar refractivity (Wildman–Crippen MR) is 60.9 cm³/mol. The third-order valence-electron chi connectivity index (χ3n) is 2.15. The molecule has 4 nitrogen and oxygen atoms in total. The minimum Gasteiger partial charge on any atom is -0.497 e. The molecule has 0 amide bonds. The van der Waals surface area contributed by atoms with Gasteiger partial charge in [-0.2, -0.15) is 0 Å². The summed E-state index contributed by atoms with van der Waals surface area (Å²) in [6, 6.07) is 6.76. The van der Waals surface area contributed by atoms with Crippen molar-refractivity contribution in [2.24, 2.45) is 0 Å². The Labute approximate surface area is 97.0 Å². The zero-order valence-electron chi connectivity index (χ0n) is 9.43.